The van der Waals surface area contributed by atoms with Crippen molar-refractivity contribution in [2.24, 2.45) is 0 Å². The van der Waals surface area contributed by atoms with Crippen LogP contribution in [0.2, 0.25) is 0 Å². The van der Waals surface area contributed by atoms with Crippen LogP contribution in [0, 0.1) is 0 Å². The Morgan fingerprint density at radius 2 is 1.56 bits per heavy atom. The van der Waals surface area contributed by atoms with Crippen LogP contribution >= 0.6 is 0 Å². The SMILES string of the molecule is COc1ccc(-n2cc(C(=O)N3CCc4cc(OC)c(OC)cc4[C@@H]3C)c3ccccc3c2=O)cc1. The Kier molecular flexibility index (Phi) is 6.14. The normalized spacial score (nSPS) is 14.9. The van der Waals surface area contributed by atoms with Gasteiger partial charge in [-0.3, -0.25) is 14.2 Å². The molecular weight excluding hydrogens is 456 g/mol. The van der Waals surface area contributed by atoms with Gasteiger partial charge in [-0.05, 0) is 66.9 Å². The lowest BCUT2D eigenvalue weighted by molar-refractivity contribution is 0.0678. The Bertz CT molecular complexity index is 1510. The van der Waals surface area contributed by atoms with Crippen molar-refractivity contribution in [3.63, 3.8) is 0 Å². The van der Waals surface area contributed by atoms with Gasteiger partial charge < -0.3 is 19.1 Å². The van der Waals surface area contributed by atoms with Crippen LogP contribution in [0.4, 0.5) is 0 Å². The third kappa shape index (κ3) is 3.86. The van der Waals surface area contributed by atoms with Crippen molar-refractivity contribution in [3.8, 4) is 22.9 Å². The Labute approximate surface area is 209 Å². The van der Waals surface area contributed by atoms with Crippen LogP contribution in [-0.2, 0) is 6.42 Å². The first-order valence-corrected chi connectivity index (χ1v) is 11.8. The summed E-state index contributed by atoms with van der Waals surface area (Å²) in [6.07, 6.45) is 2.35. The van der Waals surface area contributed by atoms with Crippen LogP contribution in [0.1, 0.15) is 34.5 Å². The van der Waals surface area contributed by atoms with Gasteiger partial charge in [-0.2, -0.15) is 0 Å². The van der Waals surface area contributed by atoms with E-state index in [0.29, 0.717) is 52.2 Å². The van der Waals surface area contributed by atoms with E-state index in [1.165, 1.54) is 4.57 Å². The molecule has 1 aromatic heterocycles. The molecule has 1 aliphatic rings. The number of nitrogens with zero attached hydrogens (tertiary/aromatic N) is 2. The molecule has 0 fully saturated rings. The fraction of sp³-hybridized carbons (Fsp3) is 0.241. The van der Waals surface area contributed by atoms with Gasteiger partial charge in [-0.1, -0.05) is 18.2 Å². The first kappa shape index (κ1) is 23.5. The first-order chi connectivity index (χ1) is 17.5. The van der Waals surface area contributed by atoms with Crippen LogP contribution in [0.5, 0.6) is 17.2 Å². The maximum atomic E-state index is 14.0. The van der Waals surface area contributed by atoms with Gasteiger partial charge in [0.1, 0.15) is 5.75 Å². The molecule has 5 rings (SSSR count). The van der Waals surface area contributed by atoms with Crippen molar-refractivity contribution in [1.29, 1.82) is 0 Å². The molecular formula is C29H28N2O5. The highest BCUT2D eigenvalue weighted by Gasteiger charge is 2.31. The molecule has 184 valence electrons. The van der Waals surface area contributed by atoms with Crippen molar-refractivity contribution < 1.29 is 19.0 Å². The van der Waals surface area contributed by atoms with E-state index in [4.69, 9.17) is 14.2 Å². The summed E-state index contributed by atoms with van der Waals surface area (Å²) >= 11 is 0. The molecule has 0 aliphatic carbocycles. The van der Waals surface area contributed by atoms with Gasteiger partial charge in [0.25, 0.3) is 11.5 Å². The highest BCUT2D eigenvalue weighted by molar-refractivity contribution is 6.07. The number of methoxy groups -OCH3 is 3. The molecule has 0 unspecified atom stereocenters. The molecule has 0 spiro atoms. The largest absolute Gasteiger partial charge is 0.497 e. The average Bonchev–Trinajstić information content (AvgIpc) is 2.92. The Balaban J connectivity index is 1.61. The minimum Gasteiger partial charge on any atom is -0.497 e. The van der Waals surface area contributed by atoms with E-state index in [1.54, 1.807) is 45.7 Å². The van der Waals surface area contributed by atoms with Crippen LogP contribution in [-0.4, -0.2) is 43.2 Å². The number of amides is 1. The number of ether oxygens (including phenoxy) is 3. The van der Waals surface area contributed by atoms with Crippen LogP contribution in [0.15, 0.2) is 71.7 Å². The third-order valence-electron chi connectivity index (χ3n) is 6.95. The maximum absolute atomic E-state index is 14.0. The lowest BCUT2D eigenvalue weighted by Crippen LogP contribution is -2.39. The summed E-state index contributed by atoms with van der Waals surface area (Å²) in [5.74, 6) is 1.88. The van der Waals surface area contributed by atoms with Crippen molar-refractivity contribution in [3.05, 3.63) is 93.9 Å². The summed E-state index contributed by atoms with van der Waals surface area (Å²) in [5.41, 5.74) is 3.13. The lowest BCUT2D eigenvalue weighted by atomic mass is 9.92. The van der Waals surface area contributed by atoms with Gasteiger partial charge in [0.05, 0.1) is 32.9 Å². The quantitative estimate of drug-likeness (QED) is 0.408. The number of rotatable bonds is 5. The molecule has 3 aromatic carbocycles. The minimum atomic E-state index is -0.179. The highest BCUT2D eigenvalue weighted by Crippen LogP contribution is 2.38. The Morgan fingerprint density at radius 1 is 0.889 bits per heavy atom. The first-order valence-electron chi connectivity index (χ1n) is 11.8. The van der Waals surface area contributed by atoms with Crippen LogP contribution < -0.4 is 19.8 Å². The van der Waals surface area contributed by atoms with Crippen molar-refractivity contribution >= 4 is 16.7 Å². The van der Waals surface area contributed by atoms with Gasteiger partial charge in [0, 0.05) is 29.2 Å². The number of aromatic nitrogens is 1. The monoisotopic (exact) mass is 484 g/mol. The number of carbonyl (C=O) groups is 1. The van der Waals surface area contributed by atoms with Crippen LogP contribution in [0.25, 0.3) is 16.5 Å². The zero-order chi connectivity index (χ0) is 25.4. The van der Waals surface area contributed by atoms with Gasteiger partial charge in [0.15, 0.2) is 11.5 Å². The minimum absolute atomic E-state index is 0.124. The molecule has 1 atom stereocenters. The number of fused-ring (bicyclic) bond motifs is 2. The number of benzene rings is 3. The fourth-order valence-electron chi connectivity index (χ4n) is 4.97. The molecule has 7 nitrogen and oxygen atoms in total. The van der Waals surface area contributed by atoms with Crippen molar-refractivity contribution in [2.75, 3.05) is 27.9 Å². The number of hydrogen-bond donors (Lipinski definition) is 0. The molecule has 0 N–H and O–H groups in total. The molecule has 4 aromatic rings. The zero-order valence-electron chi connectivity index (χ0n) is 20.8. The number of carbonyl (C=O) groups excluding carboxylic acids is 1. The number of hydrogen-bond acceptors (Lipinski definition) is 5. The predicted molar refractivity (Wildman–Crippen MR) is 139 cm³/mol. The lowest BCUT2D eigenvalue weighted by Gasteiger charge is -2.36. The molecule has 0 saturated carbocycles. The van der Waals surface area contributed by atoms with Gasteiger partial charge in [-0.15, -0.1) is 0 Å². The second-order valence-electron chi connectivity index (χ2n) is 8.79. The molecule has 36 heavy (non-hydrogen) atoms. The summed E-state index contributed by atoms with van der Waals surface area (Å²) in [5, 5.41) is 1.14. The smallest absolute Gasteiger partial charge is 0.262 e. The topological polar surface area (TPSA) is 70.0 Å². The summed E-state index contributed by atoms with van der Waals surface area (Å²) < 4.78 is 17.8. The Hall–Kier alpha value is -4.26. The van der Waals surface area contributed by atoms with E-state index in [9.17, 15) is 9.59 Å². The summed E-state index contributed by atoms with van der Waals surface area (Å²) in [4.78, 5) is 29.3. The average molecular weight is 485 g/mol. The second kappa shape index (κ2) is 9.41. The summed E-state index contributed by atoms with van der Waals surface area (Å²) in [6.45, 7) is 2.57. The molecule has 1 amide bonds. The Morgan fingerprint density at radius 3 is 2.22 bits per heavy atom. The van der Waals surface area contributed by atoms with E-state index in [-0.39, 0.29) is 17.5 Å². The zero-order valence-corrected chi connectivity index (χ0v) is 20.8. The molecule has 1 aliphatic heterocycles. The summed E-state index contributed by atoms with van der Waals surface area (Å²) in [7, 11) is 4.82. The van der Waals surface area contributed by atoms with Crippen molar-refractivity contribution in [2.45, 2.75) is 19.4 Å². The van der Waals surface area contributed by atoms with E-state index < -0.39 is 0 Å². The molecule has 0 radical (unpaired) electrons. The predicted octanol–water partition coefficient (Wildman–Crippen LogP) is 4.78. The molecule has 0 saturated heterocycles. The molecule has 7 heteroatoms. The summed E-state index contributed by atoms with van der Waals surface area (Å²) in [6, 6.07) is 18.2. The van der Waals surface area contributed by atoms with Gasteiger partial charge in [-0.25, -0.2) is 0 Å². The van der Waals surface area contributed by atoms with E-state index >= 15 is 0 Å². The van der Waals surface area contributed by atoms with E-state index in [1.807, 2.05) is 54.3 Å². The van der Waals surface area contributed by atoms with Crippen molar-refractivity contribution in [1.82, 2.24) is 9.47 Å². The number of pyridine rings is 1. The second-order valence-corrected chi connectivity index (χ2v) is 8.79. The maximum Gasteiger partial charge on any atom is 0.262 e. The molecule has 0 bridgehead atoms. The van der Waals surface area contributed by atoms with E-state index in [0.717, 1.165) is 11.1 Å². The third-order valence-corrected chi connectivity index (χ3v) is 6.95. The van der Waals surface area contributed by atoms with Gasteiger partial charge in [0.2, 0.25) is 0 Å². The standard InChI is InChI=1S/C29H28N2O5/c1-18-24-16-27(36-4)26(35-3)15-19(24)13-14-30(18)29(33)25-17-31(20-9-11-21(34-2)12-10-20)28(32)23-8-6-5-7-22(23)25/h5-12,15-18H,13-14H2,1-4H3/t18-/m0/s1. The highest BCUT2D eigenvalue weighted by atomic mass is 16.5. The van der Waals surface area contributed by atoms with Gasteiger partial charge >= 0.3 is 0 Å². The van der Waals surface area contributed by atoms with Crippen LogP contribution in [0.3, 0.4) is 0 Å². The van der Waals surface area contributed by atoms with E-state index in [2.05, 4.69) is 0 Å². The molecule has 2 heterocycles. The fourth-order valence-corrected chi connectivity index (χ4v) is 4.97.